The van der Waals surface area contributed by atoms with E-state index in [2.05, 4.69) is 4.98 Å². The molecule has 0 aliphatic carbocycles. The van der Waals surface area contributed by atoms with Crippen molar-refractivity contribution in [2.75, 3.05) is 0 Å². The highest BCUT2D eigenvalue weighted by Gasteiger charge is 2.13. The molecule has 3 aromatic rings. The van der Waals surface area contributed by atoms with Gasteiger partial charge in [-0.25, -0.2) is 14.2 Å². The van der Waals surface area contributed by atoms with Crippen molar-refractivity contribution in [2.45, 2.75) is 0 Å². The zero-order valence-corrected chi connectivity index (χ0v) is 10.4. The molecule has 94 valence electrons. The van der Waals surface area contributed by atoms with Crippen LogP contribution in [0.1, 0.15) is 10.4 Å². The predicted molar refractivity (Wildman–Crippen MR) is 72.0 cm³/mol. The predicted octanol–water partition coefficient (Wildman–Crippen LogP) is 3.80. The Morgan fingerprint density at radius 3 is 2.79 bits per heavy atom. The molecule has 5 heteroatoms. The largest absolute Gasteiger partial charge is 0.478 e. The second-order valence-corrected chi connectivity index (χ2v) is 4.81. The number of carboxylic acids is 1. The standard InChI is InChI=1S/C14H8FNO2S/c15-9-1-2-12-10(5-9)11(14(17)18)6-13(16-12)8-3-4-19-7-8/h1-7H,(H,17,18). The van der Waals surface area contributed by atoms with E-state index >= 15 is 0 Å². The molecule has 0 atom stereocenters. The molecule has 19 heavy (non-hydrogen) atoms. The minimum Gasteiger partial charge on any atom is -0.478 e. The van der Waals surface area contributed by atoms with Crippen molar-refractivity contribution >= 4 is 28.2 Å². The van der Waals surface area contributed by atoms with Crippen molar-refractivity contribution in [1.29, 1.82) is 0 Å². The Hall–Kier alpha value is -2.27. The van der Waals surface area contributed by atoms with Gasteiger partial charge in [0.15, 0.2) is 0 Å². The number of aromatic nitrogens is 1. The second kappa shape index (κ2) is 4.44. The molecule has 2 aromatic heterocycles. The Balaban J connectivity index is 2.34. The first-order chi connectivity index (χ1) is 9.15. The number of hydrogen-bond donors (Lipinski definition) is 1. The number of aromatic carboxylic acids is 1. The number of carbonyl (C=O) groups is 1. The molecule has 3 nitrogen and oxygen atoms in total. The lowest BCUT2D eigenvalue weighted by Gasteiger charge is -2.06. The quantitative estimate of drug-likeness (QED) is 0.772. The van der Waals surface area contributed by atoms with Crippen LogP contribution in [0.5, 0.6) is 0 Å². The van der Waals surface area contributed by atoms with Gasteiger partial charge in [-0.05, 0) is 35.7 Å². The average molecular weight is 273 g/mol. The lowest BCUT2D eigenvalue weighted by molar-refractivity contribution is 0.0699. The van der Waals surface area contributed by atoms with Crippen LogP contribution in [-0.4, -0.2) is 16.1 Å². The maximum Gasteiger partial charge on any atom is 0.336 e. The SMILES string of the molecule is O=C(O)c1cc(-c2ccsc2)nc2ccc(F)cc12. The molecular weight excluding hydrogens is 265 g/mol. The van der Waals surface area contributed by atoms with Gasteiger partial charge in [0.2, 0.25) is 0 Å². The first-order valence-corrected chi connectivity index (χ1v) is 6.45. The number of halogens is 1. The maximum absolute atomic E-state index is 13.2. The van der Waals surface area contributed by atoms with Crippen LogP contribution in [0.4, 0.5) is 4.39 Å². The first kappa shape index (κ1) is 11.8. The highest BCUT2D eigenvalue weighted by molar-refractivity contribution is 7.08. The normalized spacial score (nSPS) is 10.8. The van der Waals surface area contributed by atoms with Crippen molar-refractivity contribution in [2.24, 2.45) is 0 Å². The van der Waals surface area contributed by atoms with E-state index in [1.807, 2.05) is 16.8 Å². The molecule has 0 saturated carbocycles. The minimum absolute atomic E-state index is 0.0608. The fourth-order valence-corrected chi connectivity index (χ4v) is 2.58. The van der Waals surface area contributed by atoms with E-state index in [4.69, 9.17) is 0 Å². The van der Waals surface area contributed by atoms with Crippen LogP contribution in [0.2, 0.25) is 0 Å². The summed E-state index contributed by atoms with van der Waals surface area (Å²) in [5.41, 5.74) is 1.98. The van der Waals surface area contributed by atoms with Crippen molar-refractivity contribution in [3.8, 4) is 11.3 Å². The van der Waals surface area contributed by atoms with Crippen molar-refractivity contribution in [1.82, 2.24) is 4.98 Å². The topological polar surface area (TPSA) is 50.2 Å². The summed E-state index contributed by atoms with van der Waals surface area (Å²) in [6, 6.07) is 7.31. The summed E-state index contributed by atoms with van der Waals surface area (Å²) in [6.07, 6.45) is 0. The number of rotatable bonds is 2. The van der Waals surface area contributed by atoms with Crippen LogP contribution < -0.4 is 0 Å². The van der Waals surface area contributed by atoms with Gasteiger partial charge in [0.05, 0.1) is 16.8 Å². The third kappa shape index (κ3) is 2.08. The summed E-state index contributed by atoms with van der Waals surface area (Å²) in [6.45, 7) is 0. The third-order valence-corrected chi connectivity index (χ3v) is 3.50. The van der Waals surface area contributed by atoms with E-state index in [1.54, 1.807) is 0 Å². The van der Waals surface area contributed by atoms with Crippen LogP contribution >= 0.6 is 11.3 Å². The van der Waals surface area contributed by atoms with Gasteiger partial charge in [0.25, 0.3) is 0 Å². The summed E-state index contributed by atoms with van der Waals surface area (Å²) in [4.78, 5) is 15.7. The smallest absolute Gasteiger partial charge is 0.336 e. The van der Waals surface area contributed by atoms with Gasteiger partial charge in [-0.3, -0.25) is 0 Å². The monoisotopic (exact) mass is 273 g/mol. The molecule has 0 fully saturated rings. The molecule has 0 aliphatic heterocycles. The minimum atomic E-state index is -1.09. The second-order valence-electron chi connectivity index (χ2n) is 4.03. The fraction of sp³-hybridized carbons (Fsp3) is 0. The van der Waals surface area contributed by atoms with E-state index in [-0.39, 0.29) is 5.56 Å². The lowest BCUT2D eigenvalue weighted by atomic mass is 10.1. The molecule has 0 amide bonds. The van der Waals surface area contributed by atoms with Gasteiger partial charge in [-0.15, -0.1) is 0 Å². The van der Waals surface area contributed by atoms with Gasteiger partial charge in [-0.1, -0.05) is 0 Å². The van der Waals surface area contributed by atoms with Crippen LogP contribution in [0.15, 0.2) is 41.1 Å². The highest BCUT2D eigenvalue weighted by Crippen LogP contribution is 2.26. The van der Waals surface area contributed by atoms with Crippen molar-refractivity contribution < 1.29 is 14.3 Å². The van der Waals surface area contributed by atoms with Crippen molar-refractivity contribution in [3.05, 3.63) is 52.5 Å². The number of fused-ring (bicyclic) bond motifs is 1. The number of thiophene rings is 1. The number of nitrogens with zero attached hydrogens (tertiary/aromatic N) is 1. The number of hydrogen-bond acceptors (Lipinski definition) is 3. The Morgan fingerprint density at radius 1 is 1.26 bits per heavy atom. The molecule has 1 aromatic carbocycles. The van der Waals surface area contributed by atoms with Gasteiger partial charge in [0, 0.05) is 16.3 Å². The van der Waals surface area contributed by atoms with Crippen molar-refractivity contribution in [3.63, 3.8) is 0 Å². The Morgan fingerprint density at radius 2 is 2.11 bits per heavy atom. The summed E-state index contributed by atoms with van der Waals surface area (Å²) in [7, 11) is 0. The summed E-state index contributed by atoms with van der Waals surface area (Å²) >= 11 is 1.51. The van der Waals surface area contributed by atoms with Crippen LogP contribution in [-0.2, 0) is 0 Å². The number of benzene rings is 1. The molecule has 0 saturated heterocycles. The summed E-state index contributed by atoms with van der Waals surface area (Å²) in [5.74, 6) is -1.56. The van der Waals surface area contributed by atoms with Gasteiger partial charge >= 0.3 is 5.97 Å². The fourth-order valence-electron chi connectivity index (χ4n) is 1.93. The average Bonchev–Trinajstić information content (AvgIpc) is 2.91. The summed E-state index contributed by atoms with van der Waals surface area (Å²) in [5, 5.41) is 13.3. The summed E-state index contributed by atoms with van der Waals surface area (Å²) < 4.78 is 13.2. The third-order valence-electron chi connectivity index (χ3n) is 2.82. The highest BCUT2D eigenvalue weighted by atomic mass is 32.1. The molecule has 0 radical (unpaired) electrons. The zero-order chi connectivity index (χ0) is 13.4. The molecule has 2 heterocycles. The van der Waals surface area contributed by atoms with Gasteiger partial charge in [-0.2, -0.15) is 11.3 Å². The molecule has 3 rings (SSSR count). The molecule has 1 N–H and O–H groups in total. The molecule has 0 unspecified atom stereocenters. The zero-order valence-electron chi connectivity index (χ0n) is 9.63. The Kier molecular flexibility index (Phi) is 2.76. The Bertz CT molecular complexity index is 768. The van der Waals surface area contributed by atoms with E-state index in [1.165, 1.54) is 35.6 Å². The maximum atomic E-state index is 13.2. The molecule has 0 aliphatic rings. The molecule has 0 spiro atoms. The first-order valence-electron chi connectivity index (χ1n) is 5.51. The number of pyridine rings is 1. The molecular formula is C14H8FNO2S. The van der Waals surface area contributed by atoms with E-state index in [0.29, 0.717) is 16.6 Å². The molecule has 0 bridgehead atoms. The lowest BCUT2D eigenvalue weighted by Crippen LogP contribution is -2.00. The van der Waals surface area contributed by atoms with Gasteiger partial charge in [0.1, 0.15) is 5.82 Å². The van der Waals surface area contributed by atoms with E-state index in [0.717, 1.165) is 5.56 Å². The van der Waals surface area contributed by atoms with Crippen LogP contribution in [0.3, 0.4) is 0 Å². The van der Waals surface area contributed by atoms with E-state index in [9.17, 15) is 14.3 Å². The Labute approximate surface area is 112 Å². The van der Waals surface area contributed by atoms with Gasteiger partial charge < -0.3 is 5.11 Å². The van der Waals surface area contributed by atoms with Crippen LogP contribution in [0.25, 0.3) is 22.2 Å². The van der Waals surface area contributed by atoms with E-state index < -0.39 is 11.8 Å². The van der Waals surface area contributed by atoms with Crippen LogP contribution in [0, 0.1) is 5.82 Å². The number of carboxylic acid groups (broad SMARTS) is 1.